The summed E-state index contributed by atoms with van der Waals surface area (Å²) >= 11 is 0. The standard InChI is InChI=1S/C29H40N2O7Si.C26H35NO6Si/c1-8-36-26(34)30-23-22(31(25(33)24(23)32)27(35)38-28(2,3)4)19-37-39(29(5,6)7,20-15-11-9-12-16-20)21-17-13-10-14-18-21;1-25(2,3)33-24(31)27-20(21(28)22(29)23(27)30)17-32-34(26(4,5)6,18-13-9-7-10-14-18)19-15-11-8-12-16-19/h9-18,22-24,32H,8,19H2,1-7H3,(H,30,34);7-16,20-22,28-29H,17H2,1-6H3/t22-,23-,24-;20-,21-,22-/m11/s1. The molecule has 5 amide bonds. The third-order valence-corrected chi connectivity index (χ3v) is 22.6. The van der Waals surface area contributed by atoms with Gasteiger partial charge in [-0.15, -0.1) is 0 Å². The summed E-state index contributed by atoms with van der Waals surface area (Å²) in [5.74, 6) is -1.76. The molecule has 6 atom stereocenters. The highest BCUT2D eigenvalue weighted by Crippen LogP contribution is 2.39. The van der Waals surface area contributed by atoms with Crippen molar-refractivity contribution in [2.24, 2.45) is 0 Å². The quantitative estimate of drug-likeness (QED) is 0.101. The second kappa shape index (κ2) is 23.2. The second-order valence-electron chi connectivity index (χ2n) is 22.2. The molecule has 18 heteroatoms. The first kappa shape index (κ1) is 58.2. The van der Waals surface area contributed by atoms with E-state index in [-0.39, 0.29) is 29.9 Å². The lowest BCUT2D eigenvalue weighted by Gasteiger charge is -2.44. The van der Waals surface area contributed by atoms with Crippen molar-refractivity contribution in [1.29, 1.82) is 0 Å². The number of amides is 5. The van der Waals surface area contributed by atoms with E-state index in [9.17, 15) is 39.3 Å². The summed E-state index contributed by atoms with van der Waals surface area (Å²) in [6.07, 6.45) is -7.54. The van der Waals surface area contributed by atoms with Crippen LogP contribution in [0.1, 0.15) is 90.0 Å². The Kier molecular flexibility index (Phi) is 18.5. The van der Waals surface area contributed by atoms with Crippen molar-refractivity contribution < 1.29 is 62.4 Å². The highest BCUT2D eigenvalue weighted by atomic mass is 28.4. The Morgan fingerprint density at radius 3 is 1.15 bits per heavy atom. The number of aliphatic hydroxyl groups is 3. The van der Waals surface area contributed by atoms with Gasteiger partial charge in [0.15, 0.2) is 12.2 Å². The van der Waals surface area contributed by atoms with E-state index in [2.05, 4.69) is 46.9 Å². The van der Waals surface area contributed by atoms with E-state index in [1.165, 1.54) is 0 Å². The van der Waals surface area contributed by atoms with Gasteiger partial charge in [-0.3, -0.25) is 9.59 Å². The summed E-state index contributed by atoms with van der Waals surface area (Å²) in [5.41, 5.74) is -1.74. The number of benzene rings is 4. The van der Waals surface area contributed by atoms with Crippen LogP contribution in [0.4, 0.5) is 14.4 Å². The number of nitrogens with zero attached hydrogens (tertiary/aromatic N) is 2. The molecule has 4 aromatic rings. The predicted octanol–water partition coefficient (Wildman–Crippen LogP) is 5.62. The Bertz CT molecular complexity index is 2410. The zero-order valence-corrected chi connectivity index (χ0v) is 46.5. The number of rotatable bonds is 12. The Morgan fingerprint density at radius 1 is 0.521 bits per heavy atom. The van der Waals surface area contributed by atoms with Crippen LogP contribution in [-0.4, -0.2) is 139 Å². The number of carbonyl (C=O) groups is 5. The smallest absolute Gasteiger partial charge is 0.417 e. The first-order chi connectivity index (χ1) is 34.0. The number of aliphatic hydroxyl groups excluding tert-OH is 3. The first-order valence-electron chi connectivity index (χ1n) is 24.6. The fourth-order valence-corrected chi connectivity index (χ4v) is 18.7. The molecule has 73 heavy (non-hydrogen) atoms. The van der Waals surface area contributed by atoms with Gasteiger partial charge in [0.05, 0.1) is 37.9 Å². The molecule has 2 aliphatic heterocycles. The number of ether oxygens (including phenoxy) is 3. The lowest BCUT2D eigenvalue weighted by molar-refractivity contribution is -0.136. The predicted molar refractivity (Wildman–Crippen MR) is 283 cm³/mol. The Balaban J connectivity index is 0.000000273. The van der Waals surface area contributed by atoms with Crippen molar-refractivity contribution >= 4 is 67.5 Å². The van der Waals surface area contributed by atoms with E-state index in [0.717, 1.165) is 30.5 Å². The van der Waals surface area contributed by atoms with Crippen LogP contribution in [0.5, 0.6) is 0 Å². The van der Waals surface area contributed by atoms with Crippen molar-refractivity contribution in [2.45, 2.75) is 148 Å². The van der Waals surface area contributed by atoms with E-state index < -0.39 is 94.4 Å². The van der Waals surface area contributed by atoms with E-state index in [1.54, 1.807) is 48.5 Å². The lowest BCUT2D eigenvalue weighted by atomic mass is 10.1. The van der Waals surface area contributed by atoms with Gasteiger partial charge < -0.3 is 43.7 Å². The fraction of sp³-hybridized carbons (Fsp3) is 0.473. The minimum absolute atomic E-state index is 0.0988. The van der Waals surface area contributed by atoms with Crippen molar-refractivity contribution in [3.8, 4) is 0 Å². The number of hydrogen-bond donors (Lipinski definition) is 4. The number of nitrogens with one attached hydrogen (secondary N) is 1. The number of imide groups is 2. The molecule has 4 N–H and O–H groups in total. The topological polar surface area (TPSA) is 211 Å². The van der Waals surface area contributed by atoms with Crippen LogP contribution in [0.25, 0.3) is 0 Å². The van der Waals surface area contributed by atoms with Crippen LogP contribution in [-0.2, 0) is 32.7 Å². The van der Waals surface area contributed by atoms with Gasteiger partial charge >= 0.3 is 18.3 Å². The van der Waals surface area contributed by atoms with Crippen LogP contribution < -0.4 is 26.1 Å². The third-order valence-electron chi connectivity index (χ3n) is 12.6. The van der Waals surface area contributed by atoms with Gasteiger partial charge in [0.1, 0.15) is 17.3 Å². The molecule has 0 bridgehead atoms. The molecule has 2 aliphatic rings. The molecule has 4 aromatic carbocycles. The van der Waals surface area contributed by atoms with Crippen LogP contribution in [0.3, 0.4) is 0 Å². The molecule has 0 saturated carbocycles. The molecule has 0 aromatic heterocycles. The molecule has 2 heterocycles. The van der Waals surface area contributed by atoms with Gasteiger partial charge in [-0.2, -0.15) is 0 Å². The summed E-state index contributed by atoms with van der Waals surface area (Å²) in [4.78, 5) is 66.0. The van der Waals surface area contributed by atoms with Crippen LogP contribution >= 0.6 is 0 Å². The Hall–Kier alpha value is -5.74. The highest BCUT2D eigenvalue weighted by molar-refractivity contribution is 7.00. The molecule has 0 spiro atoms. The summed E-state index contributed by atoms with van der Waals surface area (Å²) in [5, 5.41) is 37.8. The van der Waals surface area contributed by atoms with Gasteiger partial charge in [-0.25, -0.2) is 24.2 Å². The minimum atomic E-state index is -3.07. The average Bonchev–Trinajstić information content (AvgIpc) is 3.67. The van der Waals surface area contributed by atoms with Crippen molar-refractivity contribution in [3.63, 3.8) is 0 Å². The molecule has 396 valence electrons. The maximum absolute atomic E-state index is 13.2. The van der Waals surface area contributed by atoms with E-state index in [0.29, 0.717) is 0 Å². The van der Waals surface area contributed by atoms with Crippen LogP contribution in [0.15, 0.2) is 121 Å². The second-order valence-corrected chi connectivity index (χ2v) is 30.8. The van der Waals surface area contributed by atoms with Crippen LogP contribution in [0.2, 0.25) is 10.1 Å². The zero-order chi connectivity index (χ0) is 54.3. The molecular weight excluding hydrogens is 967 g/mol. The maximum atomic E-state index is 13.2. The highest BCUT2D eigenvalue weighted by Gasteiger charge is 2.57. The molecule has 0 aliphatic carbocycles. The van der Waals surface area contributed by atoms with Crippen molar-refractivity contribution in [2.75, 3.05) is 19.8 Å². The Labute approximate surface area is 432 Å². The molecule has 2 fully saturated rings. The summed E-state index contributed by atoms with van der Waals surface area (Å²) in [6.45, 7) is 24.2. The first-order valence-corrected chi connectivity index (χ1v) is 28.4. The van der Waals surface area contributed by atoms with Gasteiger partial charge in [0.2, 0.25) is 0 Å². The van der Waals surface area contributed by atoms with Crippen molar-refractivity contribution in [1.82, 2.24) is 15.1 Å². The number of alkyl carbamates (subject to hydrolysis) is 1. The largest absolute Gasteiger partial charge is 0.450 e. The third kappa shape index (κ3) is 13.0. The summed E-state index contributed by atoms with van der Waals surface area (Å²) in [6, 6.07) is 36.3. The molecular formula is C55H75N3O13Si2. The molecule has 0 unspecified atom stereocenters. The molecule has 0 radical (unpaired) electrons. The fourth-order valence-electron chi connectivity index (χ4n) is 9.50. The van der Waals surface area contributed by atoms with Gasteiger partial charge in [-0.05, 0) is 79.3 Å². The molecule has 16 nitrogen and oxygen atoms in total. The number of hydrogen-bond acceptors (Lipinski definition) is 13. The average molecular weight is 1040 g/mol. The van der Waals surface area contributed by atoms with Gasteiger partial charge in [0, 0.05) is 0 Å². The van der Waals surface area contributed by atoms with E-state index >= 15 is 0 Å². The Morgan fingerprint density at radius 2 is 0.836 bits per heavy atom. The molecule has 2 saturated heterocycles. The van der Waals surface area contributed by atoms with Gasteiger partial charge in [0.25, 0.3) is 28.4 Å². The monoisotopic (exact) mass is 1040 g/mol. The lowest BCUT2D eigenvalue weighted by Crippen LogP contribution is -2.68. The number of likely N-dealkylation sites (tertiary alicyclic amines) is 2. The van der Waals surface area contributed by atoms with E-state index in [4.69, 9.17) is 23.1 Å². The summed E-state index contributed by atoms with van der Waals surface area (Å²) < 4.78 is 29.7. The van der Waals surface area contributed by atoms with Gasteiger partial charge in [-0.1, -0.05) is 163 Å². The van der Waals surface area contributed by atoms with E-state index in [1.807, 2.05) is 121 Å². The summed E-state index contributed by atoms with van der Waals surface area (Å²) in [7, 11) is -6.06. The SMILES string of the molecule is CC(C)(C)OC(=O)N1C(=O)[C@H](O)[C@H](O)[C@H]1CO[Si](c1ccccc1)(c1ccccc1)C(C)(C)C.CCOC(=O)N[C@@H]1[C@@H](CO[Si](c2ccccc2)(c2ccccc2)C(C)(C)C)N(C(=O)OC(C)(C)C)C(=O)[C@@H]1O. The molecule has 6 rings (SSSR count). The number of carbonyl (C=O) groups excluding carboxylic acids is 5. The minimum Gasteiger partial charge on any atom is -0.450 e. The zero-order valence-electron chi connectivity index (χ0n) is 44.5. The normalized spacial score (nSPS) is 20.8. The van der Waals surface area contributed by atoms with Crippen LogP contribution in [0, 0.1) is 0 Å². The van der Waals surface area contributed by atoms with Crippen molar-refractivity contribution in [3.05, 3.63) is 121 Å². The maximum Gasteiger partial charge on any atom is 0.417 e.